The first kappa shape index (κ1) is 11.2. The number of hydrogen-bond acceptors (Lipinski definition) is 4. The van der Waals surface area contributed by atoms with Crippen LogP contribution < -0.4 is 5.73 Å². The third-order valence-corrected chi connectivity index (χ3v) is 3.53. The van der Waals surface area contributed by atoms with Gasteiger partial charge in [-0.15, -0.1) is 11.3 Å². The molecule has 0 aliphatic rings. The molecule has 0 aliphatic carbocycles. The summed E-state index contributed by atoms with van der Waals surface area (Å²) in [7, 11) is 0. The monoisotopic (exact) mass is 233 g/mol. The highest BCUT2D eigenvalue weighted by molar-refractivity contribution is 7.15. The summed E-state index contributed by atoms with van der Waals surface area (Å²) < 4.78 is 0. The Labute approximate surface area is 99.4 Å². The molecule has 0 atom stereocenters. The molecule has 0 saturated carbocycles. The van der Waals surface area contributed by atoms with Gasteiger partial charge in [0, 0.05) is 29.4 Å². The van der Waals surface area contributed by atoms with Crippen LogP contribution in [-0.4, -0.2) is 9.97 Å². The molecule has 16 heavy (non-hydrogen) atoms. The first-order valence-corrected chi connectivity index (χ1v) is 6.25. The molecule has 0 spiro atoms. The van der Waals surface area contributed by atoms with Gasteiger partial charge in [0.25, 0.3) is 0 Å². The number of nitrogens with zero attached hydrogens (tertiary/aromatic N) is 2. The highest BCUT2D eigenvalue weighted by Gasteiger charge is 2.10. The summed E-state index contributed by atoms with van der Waals surface area (Å²) in [4.78, 5) is 9.94. The average Bonchev–Trinajstić information content (AvgIpc) is 2.74. The molecular formula is C12H15N3S. The molecule has 0 radical (unpaired) electrons. The summed E-state index contributed by atoms with van der Waals surface area (Å²) in [6, 6.07) is 3.96. The summed E-state index contributed by atoms with van der Waals surface area (Å²) in [5.41, 5.74) is 7.95. The van der Waals surface area contributed by atoms with Gasteiger partial charge in [0.15, 0.2) is 0 Å². The molecule has 0 aliphatic heterocycles. The van der Waals surface area contributed by atoms with Gasteiger partial charge < -0.3 is 5.73 Å². The summed E-state index contributed by atoms with van der Waals surface area (Å²) >= 11 is 1.68. The molecular weight excluding hydrogens is 218 g/mol. The Morgan fingerprint density at radius 2 is 2.31 bits per heavy atom. The second-order valence-electron chi connectivity index (χ2n) is 3.58. The molecule has 0 unspecified atom stereocenters. The maximum atomic E-state index is 5.73. The van der Waals surface area contributed by atoms with E-state index in [1.807, 2.05) is 18.3 Å². The van der Waals surface area contributed by atoms with Crippen molar-refractivity contribution in [2.24, 2.45) is 5.73 Å². The lowest BCUT2D eigenvalue weighted by molar-refractivity contribution is 0.871. The largest absolute Gasteiger partial charge is 0.326 e. The quantitative estimate of drug-likeness (QED) is 0.883. The normalized spacial score (nSPS) is 10.6. The van der Waals surface area contributed by atoms with Crippen LogP contribution in [0.5, 0.6) is 0 Å². The molecule has 2 N–H and O–H groups in total. The van der Waals surface area contributed by atoms with Gasteiger partial charge in [0.1, 0.15) is 5.01 Å². The van der Waals surface area contributed by atoms with Crippen LogP contribution in [0, 0.1) is 0 Å². The fourth-order valence-electron chi connectivity index (χ4n) is 1.59. The van der Waals surface area contributed by atoms with Gasteiger partial charge in [0.05, 0.1) is 5.69 Å². The number of rotatable bonds is 4. The van der Waals surface area contributed by atoms with E-state index in [9.17, 15) is 0 Å². The fraction of sp³-hybridized carbons (Fsp3) is 0.333. The maximum absolute atomic E-state index is 5.73. The fourth-order valence-corrected chi connectivity index (χ4v) is 2.56. The first-order chi connectivity index (χ1) is 7.85. The van der Waals surface area contributed by atoms with Crippen LogP contribution in [0.4, 0.5) is 0 Å². The van der Waals surface area contributed by atoms with Crippen molar-refractivity contribution in [2.45, 2.75) is 26.3 Å². The average molecular weight is 233 g/mol. The summed E-state index contributed by atoms with van der Waals surface area (Å²) in [6.07, 6.45) is 5.72. The van der Waals surface area contributed by atoms with E-state index in [1.165, 1.54) is 4.88 Å². The van der Waals surface area contributed by atoms with Gasteiger partial charge in [-0.3, -0.25) is 4.98 Å². The molecule has 3 nitrogen and oxygen atoms in total. The SMILES string of the molecule is CCCc1nc(-c2cccnc2)sc1CN. The molecule has 0 amide bonds. The number of aromatic nitrogens is 2. The zero-order valence-electron chi connectivity index (χ0n) is 9.31. The molecule has 84 valence electrons. The van der Waals surface area contributed by atoms with E-state index in [0.29, 0.717) is 6.54 Å². The minimum absolute atomic E-state index is 0.577. The van der Waals surface area contributed by atoms with E-state index in [-0.39, 0.29) is 0 Å². The van der Waals surface area contributed by atoms with Gasteiger partial charge in [-0.2, -0.15) is 0 Å². The summed E-state index contributed by atoms with van der Waals surface area (Å²) in [5, 5.41) is 1.03. The van der Waals surface area contributed by atoms with Gasteiger partial charge >= 0.3 is 0 Å². The first-order valence-electron chi connectivity index (χ1n) is 5.44. The van der Waals surface area contributed by atoms with Crippen molar-refractivity contribution in [1.29, 1.82) is 0 Å². The van der Waals surface area contributed by atoms with E-state index in [4.69, 9.17) is 5.73 Å². The van der Waals surface area contributed by atoms with Crippen molar-refractivity contribution >= 4 is 11.3 Å². The van der Waals surface area contributed by atoms with Crippen LogP contribution in [0.2, 0.25) is 0 Å². The Morgan fingerprint density at radius 3 is 2.94 bits per heavy atom. The maximum Gasteiger partial charge on any atom is 0.125 e. The Kier molecular flexibility index (Phi) is 3.64. The number of pyridine rings is 1. The van der Waals surface area contributed by atoms with E-state index in [2.05, 4.69) is 16.9 Å². The molecule has 0 aromatic carbocycles. The van der Waals surface area contributed by atoms with Crippen LogP contribution in [0.1, 0.15) is 23.9 Å². The highest BCUT2D eigenvalue weighted by Crippen LogP contribution is 2.27. The van der Waals surface area contributed by atoms with Crippen molar-refractivity contribution in [3.8, 4) is 10.6 Å². The zero-order valence-corrected chi connectivity index (χ0v) is 10.1. The number of hydrogen-bond donors (Lipinski definition) is 1. The zero-order chi connectivity index (χ0) is 11.4. The van der Waals surface area contributed by atoms with Gasteiger partial charge in [0.2, 0.25) is 0 Å². The second-order valence-corrected chi connectivity index (χ2v) is 4.67. The van der Waals surface area contributed by atoms with E-state index in [1.54, 1.807) is 17.5 Å². The predicted octanol–water partition coefficient (Wildman–Crippen LogP) is 2.62. The number of aryl methyl sites for hydroxylation is 1. The lowest BCUT2D eigenvalue weighted by Crippen LogP contribution is -1.97. The van der Waals surface area contributed by atoms with Gasteiger partial charge in [-0.1, -0.05) is 13.3 Å². The third-order valence-electron chi connectivity index (χ3n) is 2.36. The molecule has 2 aromatic rings. The van der Waals surface area contributed by atoms with Crippen LogP contribution in [0.25, 0.3) is 10.6 Å². The predicted molar refractivity (Wildman–Crippen MR) is 67.2 cm³/mol. The number of thiazole rings is 1. The molecule has 2 rings (SSSR count). The van der Waals surface area contributed by atoms with Gasteiger partial charge in [-0.05, 0) is 18.6 Å². The van der Waals surface area contributed by atoms with Crippen molar-refractivity contribution in [2.75, 3.05) is 0 Å². The number of nitrogens with two attached hydrogens (primary N) is 1. The minimum atomic E-state index is 0.577. The van der Waals surface area contributed by atoms with Crippen molar-refractivity contribution < 1.29 is 0 Å². The lowest BCUT2D eigenvalue weighted by atomic mass is 10.2. The van der Waals surface area contributed by atoms with E-state index >= 15 is 0 Å². The Hall–Kier alpha value is -1.26. The molecule has 0 fully saturated rings. The summed E-state index contributed by atoms with van der Waals surface area (Å²) in [6.45, 7) is 2.73. The standard InChI is InChI=1S/C12H15N3S/c1-2-4-10-11(7-13)16-12(15-10)9-5-3-6-14-8-9/h3,5-6,8H,2,4,7,13H2,1H3. The Bertz CT molecular complexity index is 451. The van der Waals surface area contributed by atoms with Crippen LogP contribution in [-0.2, 0) is 13.0 Å². The Morgan fingerprint density at radius 1 is 1.44 bits per heavy atom. The van der Waals surface area contributed by atoms with Crippen molar-refractivity contribution in [3.63, 3.8) is 0 Å². The molecule has 2 aromatic heterocycles. The minimum Gasteiger partial charge on any atom is -0.326 e. The topological polar surface area (TPSA) is 51.8 Å². The lowest BCUT2D eigenvalue weighted by Gasteiger charge is -1.94. The van der Waals surface area contributed by atoms with Crippen LogP contribution >= 0.6 is 11.3 Å². The Balaban J connectivity index is 2.36. The van der Waals surface area contributed by atoms with Crippen LogP contribution in [0.15, 0.2) is 24.5 Å². The highest BCUT2D eigenvalue weighted by atomic mass is 32.1. The van der Waals surface area contributed by atoms with E-state index < -0.39 is 0 Å². The molecule has 4 heteroatoms. The van der Waals surface area contributed by atoms with E-state index in [0.717, 1.165) is 29.1 Å². The van der Waals surface area contributed by atoms with Crippen molar-refractivity contribution in [1.82, 2.24) is 9.97 Å². The van der Waals surface area contributed by atoms with Crippen LogP contribution in [0.3, 0.4) is 0 Å². The smallest absolute Gasteiger partial charge is 0.125 e. The summed E-state index contributed by atoms with van der Waals surface area (Å²) in [5.74, 6) is 0. The molecule has 0 saturated heterocycles. The molecule has 0 bridgehead atoms. The molecule has 2 heterocycles. The van der Waals surface area contributed by atoms with Gasteiger partial charge in [-0.25, -0.2) is 4.98 Å². The van der Waals surface area contributed by atoms with Crippen molar-refractivity contribution in [3.05, 3.63) is 35.1 Å². The second kappa shape index (κ2) is 5.18. The third kappa shape index (κ3) is 2.28.